The van der Waals surface area contributed by atoms with E-state index in [9.17, 15) is 0 Å². The Kier molecular flexibility index (Phi) is 2.91. The molecule has 2 unspecified atom stereocenters. The summed E-state index contributed by atoms with van der Waals surface area (Å²) in [4.78, 5) is 0. The van der Waals surface area contributed by atoms with Crippen molar-refractivity contribution in [3.8, 4) is 5.75 Å². The topological polar surface area (TPSA) is 30.9 Å². The fourth-order valence-electron chi connectivity index (χ4n) is 2.11. The molecule has 0 bridgehead atoms. The third-order valence-corrected chi connectivity index (χ3v) is 5.41. The first-order chi connectivity index (χ1) is 8.25. The first kappa shape index (κ1) is 11.5. The van der Waals surface area contributed by atoms with E-state index in [2.05, 4.69) is 4.67 Å². The molecule has 2 aliphatic heterocycles. The predicted octanol–water partition coefficient (Wildman–Crippen LogP) is 3.24. The van der Waals surface area contributed by atoms with E-state index in [0.29, 0.717) is 12.5 Å². The number of fused-ring (bicyclic) bond motifs is 3. The van der Waals surface area contributed by atoms with Gasteiger partial charge in [-0.05, 0) is 19.1 Å². The maximum Gasteiger partial charge on any atom is 0.576 e. The molecule has 2 aliphatic rings. The van der Waals surface area contributed by atoms with Crippen molar-refractivity contribution >= 4 is 25.4 Å². The molecule has 2 heterocycles. The normalized spacial score (nSPS) is 30.0. The zero-order valence-electron chi connectivity index (χ0n) is 9.51. The van der Waals surface area contributed by atoms with Crippen LogP contribution in [0.2, 0.25) is 0 Å². The van der Waals surface area contributed by atoms with Crippen LogP contribution in [0.1, 0.15) is 6.92 Å². The van der Waals surface area contributed by atoms with Crippen LogP contribution in [0.5, 0.6) is 5.75 Å². The van der Waals surface area contributed by atoms with E-state index in [1.807, 2.05) is 31.2 Å². The molecule has 92 valence electrons. The number of para-hydroxylation sites is 2. The molecule has 0 N–H and O–H groups in total. The zero-order chi connectivity index (χ0) is 11.9. The van der Waals surface area contributed by atoms with Gasteiger partial charge >= 0.3 is 8.09 Å². The Morgan fingerprint density at radius 2 is 2.35 bits per heavy atom. The van der Waals surface area contributed by atoms with Crippen LogP contribution in [0, 0.1) is 0 Å². The lowest BCUT2D eigenvalue weighted by atomic mass is 10.3. The predicted molar refractivity (Wildman–Crippen MR) is 68.6 cm³/mol. The molecule has 0 aromatic heterocycles. The van der Waals surface area contributed by atoms with Crippen molar-refractivity contribution in [3.63, 3.8) is 0 Å². The first-order valence-corrected chi connectivity index (χ1v) is 7.63. The highest BCUT2D eigenvalue weighted by Crippen LogP contribution is 2.75. The van der Waals surface area contributed by atoms with E-state index in [0.717, 1.165) is 18.0 Å². The molecule has 4 nitrogen and oxygen atoms in total. The summed E-state index contributed by atoms with van der Waals surface area (Å²) in [6, 6.07) is 7.91. The summed E-state index contributed by atoms with van der Waals surface area (Å²) in [6.07, 6.45) is 0.118. The molecule has 1 fully saturated rings. The van der Waals surface area contributed by atoms with E-state index >= 15 is 0 Å². The van der Waals surface area contributed by atoms with Crippen LogP contribution in [0.4, 0.5) is 5.69 Å². The van der Waals surface area contributed by atoms with Crippen LogP contribution < -0.4 is 9.19 Å². The number of hydrogen-bond acceptors (Lipinski definition) is 4. The van der Waals surface area contributed by atoms with Crippen LogP contribution in [0.15, 0.2) is 24.3 Å². The van der Waals surface area contributed by atoms with E-state index in [1.165, 1.54) is 0 Å². The molecule has 1 saturated heterocycles. The lowest BCUT2D eigenvalue weighted by molar-refractivity contribution is 0.179. The summed E-state index contributed by atoms with van der Waals surface area (Å²) in [5.41, 5.74) is 1.06. The molecule has 0 amide bonds. The van der Waals surface area contributed by atoms with Gasteiger partial charge in [-0.1, -0.05) is 12.1 Å². The highest BCUT2D eigenvalue weighted by atomic mass is 35.5. The Balaban J connectivity index is 1.94. The number of benzene rings is 1. The van der Waals surface area contributed by atoms with Crippen LogP contribution in [0.25, 0.3) is 0 Å². The zero-order valence-corrected chi connectivity index (χ0v) is 11.2. The fourth-order valence-corrected chi connectivity index (χ4v) is 4.91. The molecule has 1 aromatic rings. The van der Waals surface area contributed by atoms with E-state index < -0.39 is 8.09 Å². The Hall–Kier alpha value is -0.540. The lowest BCUT2D eigenvalue weighted by Crippen LogP contribution is -2.19. The van der Waals surface area contributed by atoms with Gasteiger partial charge in [0.1, 0.15) is 18.4 Å². The maximum atomic E-state index is 5.92. The van der Waals surface area contributed by atoms with Gasteiger partial charge in [-0.15, -0.1) is 16.1 Å². The van der Waals surface area contributed by atoms with Gasteiger partial charge in [0.2, 0.25) is 5.75 Å². The monoisotopic (exact) mass is 274 g/mol. The Bertz CT molecular complexity index is 433. The second kappa shape index (κ2) is 4.29. The first-order valence-electron chi connectivity index (χ1n) is 5.60. The number of anilines is 1. The molecule has 3 rings (SSSR count). The molecule has 0 aliphatic carbocycles. The van der Waals surface area contributed by atoms with Crippen molar-refractivity contribution < 1.29 is 13.6 Å². The summed E-state index contributed by atoms with van der Waals surface area (Å²) in [5.74, 6) is 1.27. The quantitative estimate of drug-likeness (QED) is 0.625. The molecular formula is C11H14ClNO3P+. The number of hydrogen-bond donors (Lipinski definition) is 0. The third-order valence-electron chi connectivity index (χ3n) is 2.73. The maximum absolute atomic E-state index is 5.92. The van der Waals surface area contributed by atoms with Gasteiger partial charge in [0.05, 0.1) is 12.4 Å². The van der Waals surface area contributed by atoms with Gasteiger partial charge in [0.25, 0.3) is 0 Å². The summed E-state index contributed by atoms with van der Waals surface area (Å²) >= 11 is 5.68. The summed E-state index contributed by atoms with van der Waals surface area (Å²) in [6.45, 7) is 3.26. The van der Waals surface area contributed by atoms with Crippen LogP contribution in [-0.4, -0.2) is 25.1 Å². The van der Waals surface area contributed by atoms with Gasteiger partial charge in [-0.2, -0.15) is 9.19 Å². The average Bonchev–Trinajstić information content (AvgIpc) is 2.78. The Morgan fingerprint density at radius 1 is 1.53 bits per heavy atom. The minimum atomic E-state index is -2.41. The van der Waals surface area contributed by atoms with Gasteiger partial charge < -0.3 is 0 Å². The molecule has 0 saturated carbocycles. The van der Waals surface area contributed by atoms with Gasteiger partial charge in [0, 0.05) is 0 Å². The smallest absolute Gasteiger partial charge is 0.263 e. The van der Waals surface area contributed by atoms with Gasteiger partial charge in [-0.3, -0.25) is 4.52 Å². The second-order valence-electron chi connectivity index (χ2n) is 4.05. The average molecular weight is 275 g/mol. The van der Waals surface area contributed by atoms with E-state index in [4.69, 9.17) is 25.2 Å². The summed E-state index contributed by atoms with van der Waals surface area (Å²) in [5, 5.41) is 0. The second-order valence-corrected chi connectivity index (χ2v) is 6.50. The highest BCUT2D eigenvalue weighted by molar-refractivity contribution is 7.64. The Morgan fingerprint density at radius 3 is 3.18 bits per heavy atom. The van der Waals surface area contributed by atoms with Crippen molar-refractivity contribution in [2.75, 3.05) is 23.7 Å². The van der Waals surface area contributed by atoms with Crippen molar-refractivity contribution in [2.24, 2.45) is 0 Å². The molecule has 1 aromatic carbocycles. The molecular weight excluding hydrogens is 261 g/mol. The van der Waals surface area contributed by atoms with Crippen LogP contribution in [0.3, 0.4) is 0 Å². The molecule has 6 heteroatoms. The van der Waals surface area contributed by atoms with Gasteiger partial charge in [0.15, 0.2) is 0 Å². The summed E-state index contributed by atoms with van der Waals surface area (Å²) in [7, 11) is -2.41. The van der Waals surface area contributed by atoms with E-state index in [1.54, 1.807) is 0 Å². The van der Waals surface area contributed by atoms with Crippen LogP contribution in [-0.2, 0) is 9.05 Å². The van der Waals surface area contributed by atoms with Crippen molar-refractivity contribution in [3.05, 3.63) is 24.3 Å². The van der Waals surface area contributed by atoms with E-state index in [-0.39, 0.29) is 6.10 Å². The third kappa shape index (κ3) is 1.80. The van der Waals surface area contributed by atoms with Crippen molar-refractivity contribution in [1.29, 1.82) is 0 Å². The fraction of sp³-hybridized carbons (Fsp3) is 0.455. The number of halogens is 1. The molecule has 0 radical (unpaired) electrons. The minimum Gasteiger partial charge on any atom is -0.263 e. The minimum absolute atomic E-state index is 0.118. The molecule has 17 heavy (non-hydrogen) atoms. The lowest BCUT2D eigenvalue weighted by Gasteiger charge is -2.15. The molecule has 2 atom stereocenters. The largest absolute Gasteiger partial charge is 0.576 e. The highest BCUT2D eigenvalue weighted by Gasteiger charge is 2.66. The number of alkyl halides is 1. The standard InChI is InChI=1S/C11H14ClNO3P/c1-9-8-13-10-4-2-3-5-11(10)16-17(13,15-9)14-7-6-12/h2-5,9H,6-8H2,1H3/q+1. The van der Waals surface area contributed by atoms with Crippen molar-refractivity contribution in [2.45, 2.75) is 13.0 Å². The SMILES string of the molecule is CC1CN2c3ccccc3O[P+]2(OCCCl)O1. The summed E-state index contributed by atoms with van der Waals surface area (Å²) < 4.78 is 19.7. The van der Waals surface area contributed by atoms with Crippen molar-refractivity contribution in [1.82, 2.24) is 0 Å². The number of rotatable bonds is 3. The van der Waals surface area contributed by atoms with Crippen LogP contribution >= 0.6 is 19.7 Å². The Labute approximate surface area is 106 Å². The van der Waals surface area contributed by atoms with Gasteiger partial charge in [-0.25, -0.2) is 0 Å². The molecule has 0 spiro atoms. The number of nitrogens with zero attached hydrogens (tertiary/aromatic N) is 1.